The van der Waals surface area contributed by atoms with Gasteiger partial charge in [0.2, 0.25) is 5.91 Å². The molecule has 1 unspecified atom stereocenters. The van der Waals surface area contributed by atoms with Crippen molar-refractivity contribution in [2.45, 2.75) is 32.1 Å². The summed E-state index contributed by atoms with van der Waals surface area (Å²) in [7, 11) is 0. The molecule has 1 aromatic rings. The lowest BCUT2D eigenvalue weighted by atomic mass is 9.86. The van der Waals surface area contributed by atoms with E-state index in [0.717, 1.165) is 30.7 Å². The van der Waals surface area contributed by atoms with Gasteiger partial charge in [-0.1, -0.05) is 6.07 Å². The van der Waals surface area contributed by atoms with Crippen molar-refractivity contribution in [3.8, 4) is 0 Å². The number of ether oxygens (including phenoxy) is 1. The maximum Gasteiger partial charge on any atom is 0.251 e. The maximum absolute atomic E-state index is 12.3. The molecule has 0 radical (unpaired) electrons. The molecule has 1 saturated heterocycles. The second-order valence-corrected chi connectivity index (χ2v) is 6.63. The van der Waals surface area contributed by atoms with E-state index in [1.54, 1.807) is 12.1 Å². The van der Waals surface area contributed by atoms with Gasteiger partial charge in [0.05, 0.1) is 12.0 Å². The highest BCUT2D eigenvalue weighted by Crippen LogP contribution is 2.37. The van der Waals surface area contributed by atoms with Gasteiger partial charge in [-0.05, 0) is 50.3 Å². The summed E-state index contributed by atoms with van der Waals surface area (Å²) >= 11 is 0. The summed E-state index contributed by atoms with van der Waals surface area (Å²) in [5, 5.41) is 5.81. The van der Waals surface area contributed by atoms with Gasteiger partial charge in [-0.25, -0.2) is 0 Å². The number of carbonyl (C=O) groups excluding carboxylic acids is 2. The maximum atomic E-state index is 12.3. The van der Waals surface area contributed by atoms with Gasteiger partial charge >= 0.3 is 0 Å². The van der Waals surface area contributed by atoms with Gasteiger partial charge in [-0.3, -0.25) is 9.59 Å². The second kappa shape index (κ2) is 5.72. The molecule has 118 valence electrons. The fourth-order valence-electron chi connectivity index (χ4n) is 3.04. The van der Waals surface area contributed by atoms with Gasteiger partial charge < -0.3 is 15.4 Å². The van der Waals surface area contributed by atoms with Crippen molar-refractivity contribution in [3.63, 3.8) is 0 Å². The molecule has 2 amide bonds. The van der Waals surface area contributed by atoms with Gasteiger partial charge in [-0.15, -0.1) is 0 Å². The first-order valence-electron chi connectivity index (χ1n) is 7.80. The fourth-order valence-corrected chi connectivity index (χ4v) is 3.04. The predicted molar refractivity (Wildman–Crippen MR) is 84.0 cm³/mol. The number of carbonyl (C=O) groups is 2. The Balaban J connectivity index is 1.67. The Labute approximate surface area is 130 Å². The van der Waals surface area contributed by atoms with Crippen LogP contribution in [0.3, 0.4) is 0 Å². The molecule has 1 fully saturated rings. The summed E-state index contributed by atoms with van der Waals surface area (Å²) in [6.07, 6.45) is 2.15. The molecule has 0 spiro atoms. The van der Waals surface area contributed by atoms with Crippen LogP contribution in [0.5, 0.6) is 0 Å². The van der Waals surface area contributed by atoms with Crippen molar-refractivity contribution in [3.05, 3.63) is 29.3 Å². The highest BCUT2D eigenvalue weighted by atomic mass is 16.5. The van der Waals surface area contributed by atoms with Crippen LogP contribution >= 0.6 is 0 Å². The van der Waals surface area contributed by atoms with E-state index in [-0.39, 0.29) is 11.8 Å². The standard InChI is InChI=1S/C17H22N2O3/c1-17(2)13-6-5-12(8-14(13)19-16(17)21)15(20)18-9-11-4-3-7-22-10-11/h5-6,8,11H,3-4,7,9-10H2,1-2H3,(H,18,20)(H,19,21). The van der Waals surface area contributed by atoms with Gasteiger partial charge in [0.1, 0.15) is 0 Å². The van der Waals surface area contributed by atoms with Crippen LogP contribution in [0.25, 0.3) is 0 Å². The molecular formula is C17H22N2O3. The second-order valence-electron chi connectivity index (χ2n) is 6.63. The average Bonchev–Trinajstić information content (AvgIpc) is 2.75. The van der Waals surface area contributed by atoms with Crippen LogP contribution in [0.1, 0.15) is 42.6 Å². The smallest absolute Gasteiger partial charge is 0.251 e. The summed E-state index contributed by atoms with van der Waals surface area (Å²) in [6, 6.07) is 5.41. The van der Waals surface area contributed by atoms with E-state index in [0.29, 0.717) is 24.6 Å². The van der Waals surface area contributed by atoms with E-state index in [1.165, 1.54) is 0 Å². The summed E-state index contributed by atoms with van der Waals surface area (Å²) in [5.41, 5.74) is 1.72. The molecule has 5 nitrogen and oxygen atoms in total. The number of amides is 2. The largest absolute Gasteiger partial charge is 0.381 e. The molecular weight excluding hydrogens is 280 g/mol. The van der Waals surface area contributed by atoms with Crippen LogP contribution in [0.15, 0.2) is 18.2 Å². The zero-order chi connectivity index (χ0) is 15.7. The van der Waals surface area contributed by atoms with Crippen LogP contribution in [0.2, 0.25) is 0 Å². The topological polar surface area (TPSA) is 67.4 Å². The van der Waals surface area contributed by atoms with Gasteiger partial charge in [0, 0.05) is 24.4 Å². The first-order valence-corrected chi connectivity index (χ1v) is 7.80. The number of rotatable bonds is 3. The van der Waals surface area contributed by atoms with E-state index in [1.807, 2.05) is 19.9 Å². The number of fused-ring (bicyclic) bond motifs is 1. The van der Waals surface area contributed by atoms with Crippen molar-refractivity contribution < 1.29 is 14.3 Å². The van der Waals surface area contributed by atoms with Crippen molar-refractivity contribution in [1.29, 1.82) is 0 Å². The van der Waals surface area contributed by atoms with Crippen LogP contribution < -0.4 is 10.6 Å². The third kappa shape index (κ3) is 2.73. The molecule has 0 aliphatic carbocycles. The number of hydrogen-bond acceptors (Lipinski definition) is 3. The molecule has 2 N–H and O–H groups in total. The van der Waals surface area contributed by atoms with Gasteiger partial charge in [0.15, 0.2) is 0 Å². The van der Waals surface area contributed by atoms with E-state index < -0.39 is 5.41 Å². The first kappa shape index (κ1) is 15.0. The van der Waals surface area contributed by atoms with Crippen LogP contribution in [0, 0.1) is 5.92 Å². The molecule has 1 aromatic carbocycles. The summed E-state index contributed by atoms with van der Waals surface area (Å²) in [4.78, 5) is 24.2. The van der Waals surface area contributed by atoms with Crippen molar-refractivity contribution in [1.82, 2.24) is 5.32 Å². The number of hydrogen-bond donors (Lipinski definition) is 2. The highest BCUT2D eigenvalue weighted by Gasteiger charge is 2.38. The Morgan fingerprint density at radius 3 is 3.00 bits per heavy atom. The molecule has 0 bridgehead atoms. The minimum absolute atomic E-state index is 0.0283. The van der Waals surface area contributed by atoms with Gasteiger partial charge in [-0.2, -0.15) is 0 Å². The molecule has 22 heavy (non-hydrogen) atoms. The fraction of sp³-hybridized carbons (Fsp3) is 0.529. The first-order chi connectivity index (χ1) is 10.5. The average molecular weight is 302 g/mol. The zero-order valence-corrected chi connectivity index (χ0v) is 13.1. The highest BCUT2D eigenvalue weighted by molar-refractivity contribution is 6.07. The quantitative estimate of drug-likeness (QED) is 0.898. The van der Waals surface area contributed by atoms with Crippen molar-refractivity contribution >= 4 is 17.5 Å². The summed E-state index contributed by atoms with van der Waals surface area (Å²) in [5.74, 6) is 0.262. The Morgan fingerprint density at radius 2 is 2.27 bits per heavy atom. The Morgan fingerprint density at radius 1 is 1.45 bits per heavy atom. The zero-order valence-electron chi connectivity index (χ0n) is 13.1. The number of anilines is 1. The minimum atomic E-state index is -0.538. The van der Waals surface area contributed by atoms with Crippen molar-refractivity contribution in [2.75, 3.05) is 25.1 Å². The predicted octanol–water partition coefficient (Wildman–Crippen LogP) is 2.07. The minimum Gasteiger partial charge on any atom is -0.381 e. The number of nitrogens with one attached hydrogen (secondary N) is 2. The summed E-state index contributed by atoms with van der Waals surface area (Å²) in [6.45, 7) is 5.95. The Hall–Kier alpha value is -1.88. The normalized spacial score (nSPS) is 22.8. The lowest BCUT2D eigenvalue weighted by Gasteiger charge is -2.22. The Kier molecular flexibility index (Phi) is 3.91. The van der Waals surface area contributed by atoms with Crippen LogP contribution in [-0.2, 0) is 14.9 Å². The number of benzene rings is 1. The monoisotopic (exact) mass is 302 g/mol. The van der Waals surface area contributed by atoms with Gasteiger partial charge in [0.25, 0.3) is 5.91 Å². The third-order valence-electron chi connectivity index (χ3n) is 4.58. The molecule has 1 atom stereocenters. The van der Waals surface area contributed by atoms with Crippen LogP contribution in [-0.4, -0.2) is 31.6 Å². The molecule has 2 aliphatic rings. The molecule has 5 heteroatoms. The Bertz CT molecular complexity index is 604. The van der Waals surface area contributed by atoms with E-state index >= 15 is 0 Å². The third-order valence-corrected chi connectivity index (χ3v) is 4.58. The van der Waals surface area contributed by atoms with E-state index in [4.69, 9.17) is 4.74 Å². The molecule has 3 rings (SSSR count). The van der Waals surface area contributed by atoms with E-state index in [2.05, 4.69) is 10.6 Å². The molecule has 0 saturated carbocycles. The summed E-state index contributed by atoms with van der Waals surface area (Å²) < 4.78 is 5.42. The SMILES string of the molecule is CC1(C)C(=O)Nc2cc(C(=O)NCC3CCCOC3)ccc21. The molecule has 2 heterocycles. The molecule has 2 aliphatic heterocycles. The van der Waals surface area contributed by atoms with Crippen molar-refractivity contribution in [2.24, 2.45) is 5.92 Å². The van der Waals surface area contributed by atoms with E-state index in [9.17, 15) is 9.59 Å². The van der Waals surface area contributed by atoms with Crippen LogP contribution in [0.4, 0.5) is 5.69 Å². The lowest BCUT2D eigenvalue weighted by molar-refractivity contribution is -0.119. The lowest BCUT2D eigenvalue weighted by Crippen LogP contribution is -2.33. The molecule has 0 aromatic heterocycles.